The molecule has 1 aromatic heterocycles. The van der Waals surface area contributed by atoms with Gasteiger partial charge in [-0.25, -0.2) is 4.79 Å². The maximum Gasteiger partial charge on any atom is 0.336 e. The van der Waals surface area contributed by atoms with E-state index in [1.54, 1.807) is 62.5 Å². The zero-order valence-corrected chi connectivity index (χ0v) is 14.8. The van der Waals surface area contributed by atoms with Crippen LogP contribution in [0.3, 0.4) is 0 Å². The average molecular weight is 363 g/mol. The summed E-state index contributed by atoms with van der Waals surface area (Å²) in [4.78, 5) is 24.8. The summed E-state index contributed by atoms with van der Waals surface area (Å²) in [6.45, 7) is 3.38. The van der Waals surface area contributed by atoms with E-state index < -0.39 is 11.2 Å². The van der Waals surface area contributed by atoms with Crippen LogP contribution in [0, 0.1) is 0 Å². The molecule has 27 heavy (non-hydrogen) atoms. The fourth-order valence-corrected chi connectivity index (χ4v) is 3.06. The summed E-state index contributed by atoms with van der Waals surface area (Å²) >= 11 is 0. The summed E-state index contributed by atoms with van der Waals surface area (Å²) in [5, 5.41) is 13.2. The molecular formula is C21H17NO5. The molecule has 0 fully saturated rings. The molecule has 3 aromatic rings. The van der Waals surface area contributed by atoms with E-state index in [4.69, 9.17) is 9.15 Å². The molecular weight excluding hydrogens is 346 g/mol. The van der Waals surface area contributed by atoms with Crippen LogP contribution < -0.4 is 15.7 Å². The summed E-state index contributed by atoms with van der Waals surface area (Å²) in [6.07, 6.45) is 1.57. The molecule has 4 rings (SSSR count). The normalized spacial score (nSPS) is 16.8. The molecule has 0 radical (unpaired) electrons. The number of carbonyl (C=O) groups is 1. The molecule has 1 aliphatic rings. The molecule has 0 spiro atoms. The standard InChI is InChI=1S/C21H17NO5/c1-21(2)20(25)15(11-22-13-5-7-14(23)8-6-13)18-16(27-21)9-3-12-4-10-17(24)26-19(12)18/h3-11,22-23H,1-2H3/b15-11+. The number of phenolic OH excluding ortho intramolecular Hbond substituents is 1. The Morgan fingerprint density at radius 3 is 2.44 bits per heavy atom. The van der Waals surface area contributed by atoms with Crippen LogP contribution in [0.15, 0.2) is 63.9 Å². The van der Waals surface area contributed by atoms with Gasteiger partial charge in [-0.15, -0.1) is 0 Å². The van der Waals surface area contributed by atoms with Gasteiger partial charge >= 0.3 is 5.63 Å². The highest BCUT2D eigenvalue weighted by Gasteiger charge is 2.40. The molecule has 0 atom stereocenters. The Morgan fingerprint density at radius 2 is 1.70 bits per heavy atom. The van der Waals surface area contributed by atoms with E-state index in [0.717, 1.165) is 0 Å². The first kappa shape index (κ1) is 16.9. The van der Waals surface area contributed by atoms with Crippen molar-refractivity contribution in [3.8, 4) is 11.5 Å². The second-order valence-electron chi connectivity index (χ2n) is 6.80. The van der Waals surface area contributed by atoms with Crippen molar-refractivity contribution in [3.63, 3.8) is 0 Å². The number of anilines is 1. The zero-order valence-electron chi connectivity index (χ0n) is 14.8. The van der Waals surface area contributed by atoms with Crippen molar-refractivity contribution in [1.29, 1.82) is 0 Å². The lowest BCUT2D eigenvalue weighted by molar-refractivity contribution is -0.126. The molecule has 0 bridgehead atoms. The largest absolute Gasteiger partial charge is 0.508 e. The molecule has 2 aromatic carbocycles. The number of rotatable bonds is 2. The third-order valence-electron chi connectivity index (χ3n) is 4.43. The molecule has 0 unspecified atom stereocenters. The number of carbonyl (C=O) groups excluding carboxylic acids is 1. The van der Waals surface area contributed by atoms with Crippen LogP contribution in [0.4, 0.5) is 5.69 Å². The van der Waals surface area contributed by atoms with Gasteiger partial charge in [0.25, 0.3) is 0 Å². The highest BCUT2D eigenvalue weighted by Crippen LogP contribution is 2.41. The van der Waals surface area contributed by atoms with E-state index in [2.05, 4.69) is 5.32 Å². The average Bonchev–Trinajstić information content (AvgIpc) is 2.63. The van der Waals surface area contributed by atoms with Crippen molar-refractivity contribution in [2.75, 3.05) is 5.32 Å². The molecule has 0 aliphatic carbocycles. The number of aromatic hydroxyl groups is 1. The lowest BCUT2D eigenvalue weighted by Crippen LogP contribution is -2.42. The second-order valence-corrected chi connectivity index (χ2v) is 6.80. The maximum absolute atomic E-state index is 13.0. The lowest BCUT2D eigenvalue weighted by Gasteiger charge is -2.32. The summed E-state index contributed by atoms with van der Waals surface area (Å²) in [5.41, 5.74) is 0.246. The van der Waals surface area contributed by atoms with Crippen molar-refractivity contribution >= 4 is 28.0 Å². The van der Waals surface area contributed by atoms with Crippen molar-refractivity contribution in [2.24, 2.45) is 0 Å². The quantitative estimate of drug-likeness (QED) is 0.410. The lowest BCUT2D eigenvalue weighted by atomic mass is 9.87. The van der Waals surface area contributed by atoms with Crippen LogP contribution in [0.5, 0.6) is 11.5 Å². The summed E-state index contributed by atoms with van der Waals surface area (Å²) in [7, 11) is 0. The van der Waals surface area contributed by atoms with E-state index in [-0.39, 0.29) is 11.5 Å². The van der Waals surface area contributed by atoms with Gasteiger partial charge in [-0.2, -0.15) is 0 Å². The minimum Gasteiger partial charge on any atom is -0.508 e. The molecule has 6 nitrogen and oxygen atoms in total. The molecule has 1 aliphatic heterocycles. The van der Waals surface area contributed by atoms with Gasteiger partial charge in [0, 0.05) is 23.3 Å². The van der Waals surface area contributed by atoms with Crippen molar-refractivity contribution in [1.82, 2.24) is 0 Å². The fraction of sp³-hybridized carbons (Fsp3) is 0.143. The van der Waals surface area contributed by atoms with Crippen molar-refractivity contribution in [2.45, 2.75) is 19.4 Å². The van der Waals surface area contributed by atoms with Gasteiger partial charge in [-0.05, 0) is 56.3 Å². The number of hydrogen-bond acceptors (Lipinski definition) is 6. The van der Waals surface area contributed by atoms with Crippen LogP contribution in [-0.2, 0) is 4.79 Å². The Labute approximate surface area is 154 Å². The van der Waals surface area contributed by atoms with Gasteiger partial charge in [-0.3, -0.25) is 4.79 Å². The number of hydrogen-bond donors (Lipinski definition) is 2. The molecule has 0 saturated carbocycles. The number of ether oxygens (including phenoxy) is 1. The van der Waals surface area contributed by atoms with Gasteiger partial charge < -0.3 is 19.6 Å². The summed E-state index contributed by atoms with van der Waals surface area (Å²) in [5.74, 6) is 0.384. The first-order valence-corrected chi connectivity index (χ1v) is 8.42. The predicted octanol–water partition coefficient (Wildman–Crippen LogP) is 3.69. The van der Waals surface area contributed by atoms with Gasteiger partial charge in [0.05, 0.1) is 11.1 Å². The van der Waals surface area contributed by atoms with Crippen LogP contribution in [0.1, 0.15) is 19.4 Å². The van der Waals surface area contributed by atoms with Crippen molar-refractivity contribution < 1.29 is 19.1 Å². The van der Waals surface area contributed by atoms with E-state index >= 15 is 0 Å². The number of benzene rings is 2. The number of nitrogens with one attached hydrogen (secondary N) is 1. The Balaban J connectivity index is 1.91. The minimum atomic E-state index is -1.06. The maximum atomic E-state index is 13.0. The van der Waals surface area contributed by atoms with Gasteiger partial charge in [0.15, 0.2) is 5.60 Å². The van der Waals surface area contributed by atoms with E-state index in [9.17, 15) is 14.7 Å². The SMILES string of the molecule is CC1(C)Oc2ccc3ccc(=O)oc3c2/C(=C\Nc2ccc(O)cc2)C1=O. The first-order chi connectivity index (χ1) is 12.8. The Bertz CT molecular complexity index is 1140. The molecule has 0 saturated heterocycles. The monoisotopic (exact) mass is 363 g/mol. The highest BCUT2D eigenvalue weighted by molar-refractivity contribution is 6.28. The van der Waals surface area contributed by atoms with Crippen LogP contribution in [0.2, 0.25) is 0 Å². The van der Waals surface area contributed by atoms with Crippen LogP contribution in [-0.4, -0.2) is 16.5 Å². The third-order valence-corrected chi connectivity index (χ3v) is 4.43. The Kier molecular flexibility index (Phi) is 3.77. The van der Waals surface area contributed by atoms with E-state index in [0.29, 0.717) is 33.5 Å². The molecule has 0 amide bonds. The van der Waals surface area contributed by atoms with Gasteiger partial charge in [0.1, 0.15) is 17.1 Å². The van der Waals surface area contributed by atoms with Crippen LogP contribution in [0.25, 0.3) is 16.5 Å². The fourth-order valence-electron chi connectivity index (χ4n) is 3.06. The Morgan fingerprint density at radius 1 is 1.00 bits per heavy atom. The smallest absolute Gasteiger partial charge is 0.336 e. The molecule has 2 heterocycles. The van der Waals surface area contributed by atoms with E-state index in [1.165, 1.54) is 6.07 Å². The predicted molar refractivity (Wildman–Crippen MR) is 102 cm³/mol. The number of fused-ring (bicyclic) bond motifs is 3. The number of ketones is 1. The Hall–Kier alpha value is -3.54. The molecule has 136 valence electrons. The van der Waals surface area contributed by atoms with Crippen LogP contribution >= 0.6 is 0 Å². The number of phenols is 1. The topological polar surface area (TPSA) is 88.8 Å². The van der Waals surface area contributed by atoms with Crippen molar-refractivity contribution in [3.05, 3.63) is 70.7 Å². The molecule has 2 N–H and O–H groups in total. The summed E-state index contributed by atoms with van der Waals surface area (Å²) < 4.78 is 11.2. The minimum absolute atomic E-state index is 0.148. The highest BCUT2D eigenvalue weighted by atomic mass is 16.5. The second kappa shape index (κ2) is 6.02. The number of Topliss-reactive ketones (excluding diaryl/α,β-unsaturated/α-hetero) is 1. The summed E-state index contributed by atoms with van der Waals surface area (Å²) in [6, 6.07) is 13.0. The zero-order chi connectivity index (χ0) is 19.2. The first-order valence-electron chi connectivity index (χ1n) is 8.42. The molecule has 6 heteroatoms. The van der Waals surface area contributed by atoms with E-state index in [1.807, 2.05) is 0 Å². The third kappa shape index (κ3) is 2.95. The van der Waals surface area contributed by atoms with Gasteiger partial charge in [0.2, 0.25) is 5.78 Å². The van der Waals surface area contributed by atoms with Gasteiger partial charge in [-0.1, -0.05) is 0 Å².